The van der Waals surface area contributed by atoms with Gasteiger partial charge in [-0.2, -0.15) is 0 Å². The Kier molecular flexibility index (Phi) is 6.37. The summed E-state index contributed by atoms with van der Waals surface area (Å²) in [5, 5.41) is 3.02. The lowest BCUT2D eigenvalue weighted by Crippen LogP contribution is -2.41. The van der Waals surface area contributed by atoms with E-state index in [4.69, 9.17) is 9.72 Å². The molecule has 5 rings (SSSR count). The molecule has 0 aliphatic carbocycles. The van der Waals surface area contributed by atoms with Crippen molar-refractivity contribution in [1.82, 2.24) is 24.5 Å². The van der Waals surface area contributed by atoms with Crippen LogP contribution in [0, 0.1) is 0 Å². The fourth-order valence-electron chi connectivity index (χ4n) is 4.72. The van der Waals surface area contributed by atoms with Crippen molar-refractivity contribution in [2.24, 2.45) is 0 Å². The molecule has 2 aliphatic heterocycles. The number of nitrogens with one attached hydrogen (secondary N) is 1. The lowest BCUT2D eigenvalue weighted by atomic mass is 10.1. The van der Waals surface area contributed by atoms with Crippen LogP contribution in [0.15, 0.2) is 54.7 Å². The molecule has 0 spiro atoms. The number of likely N-dealkylation sites (tertiary alicyclic amines) is 1. The smallest absolute Gasteiger partial charge is 0.272 e. The minimum atomic E-state index is -0.183. The zero-order chi connectivity index (χ0) is 22.6. The normalized spacial score (nSPS) is 19.2. The zero-order valence-corrected chi connectivity index (χ0v) is 18.7. The molecule has 0 unspecified atom stereocenters. The number of rotatable bonds is 6. The summed E-state index contributed by atoms with van der Waals surface area (Å²) in [6.07, 6.45) is 3.66. The zero-order valence-electron chi connectivity index (χ0n) is 18.7. The number of nitrogens with zero attached hydrogens (tertiary/aromatic N) is 4. The van der Waals surface area contributed by atoms with E-state index in [-0.39, 0.29) is 17.9 Å². The number of hydrogen-bond donors (Lipinski definition) is 1. The number of morpholine rings is 1. The SMILES string of the molecule is O=C(NCCN1CCOCC1)c1nc([C@@H]2CCCN2C(=O)c2ccccc2)n2ccccc12. The maximum Gasteiger partial charge on any atom is 0.272 e. The van der Waals surface area contributed by atoms with Gasteiger partial charge in [-0.3, -0.25) is 14.5 Å². The third-order valence-electron chi connectivity index (χ3n) is 6.44. The molecule has 3 aromatic rings. The monoisotopic (exact) mass is 447 g/mol. The third kappa shape index (κ3) is 4.49. The first-order valence-corrected chi connectivity index (χ1v) is 11.6. The van der Waals surface area contributed by atoms with Crippen LogP contribution in [0.3, 0.4) is 0 Å². The highest BCUT2D eigenvalue weighted by Gasteiger charge is 2.34. The molecule has 2 aromatic heterocycles. The Hall–Kier alpha value is -3.23. The first-order valence-electron chi connectivity index (χ1n) is 11.6. The average Bonchev–Trinajstić information content (AvgIpc) is 3.50. The highest BCUT2D eigenvalue weighted by atomic mass is 16.5. The average molecular weight is 448 g/mol. The standard InChI is InChI=1S/C25H29N5O3/c31-24(26-11-14-28-15-17-33-18-16-28)22-20-9-4-5-12-29(20)23(27-22)21-10-6-13-30(21)25(32)19-7-2-1-3-8-19/h1-5,7-9,12,21H,6,10-11,13-18H2,(H,26,31)/t21-/m0/s1. The topological polar surface area (TPSA) is 79.2 Å². The van der Waals surface area contributed by atoms with E-state index in [1.807, 2.05) is 64.0 Å². The number of fused-ring (bicyclic) bond motifs is 1. The lowest BCUT2D eigenvalue weighted by Gasteiger charge is -2.26. The van der Waals surface area contributed by atoms with Crippen LogP contribution in [0.1, 0.15) is 45.6 Å². The molecule has 8 heteroatoms. The number of imidazole rings is 1. The van der Waals surface area contributed by atoms with Gasteiger partial charge in [0, 0.05) is 44.5 Å². The molecule has 1 aromatic carbocycles. The van der Waals surface area contributed by atoms with Crippen LogP contribution in [0.25, 0.3) is 5.52 Å². The third-order valence-corrected chi connectivity index (χ3v) is 6.44. The Morgan fingerprint density at radius 2 is 1.82 bits per heavy atom. The van der Waals surface area contributed by atoms with Crippen molar-refractivity contribution in [2.75, 3.05) is 45.9 Å². The van der Waals surface area contributed by atoms with E-state index in [0.717, 1.165) is 57.0 Å². The minimum Gasteiger partial charge on any atom is -0.379 e. The van der Waals surface area contributed by atoms with Crippen molar-refractivity contribution < 1.29 is 14.3 Å². The molecule has 0 saturated carbocycles. The van der Waals surface area contributed by atoms with Crippen LogP contribution in [-0.2, 0) is 4.74 Å². The number of hydrogen-bond acceptors (Lipinski definition) is 5. The van der Waals surface area contributed by atoms with Crippen molar-refractivity contribution in [1.29, 1.82) is 0 Å². The fourth-order valence-corrected chi connectivity index (χ4v) is 4.72. The van der Waals surface area contributed by atoms with Gasteiger partial charge in [0.2, 0.25) is 0 Å². The van der Waals surface area contributed by atoms with Crippen molar-refractivity contribution in [3.63, 3.8) is 0 Å². The number of benzene rings is 1. The molecule has 1 N–H and O–H groups in total. The molecule has 2 fully saturated rings. The maximum atomic E-state index is 13.2. The lowest BCUT2D eigenvalue weighted by molar-refractivity contribution is 0.0383. The van der Waals surface area contributed by atoms with Crippen molar-refractivity contribution in [3.8, 4) is 0 Å². The molecule has 2 amide bonds. The van der Waals surface area contributed by atoms with E-state index in [9.17, 15) is 9.59 Å². The second-order valence-corrected chi connectivity index (χ2v) is 8.51. The Labute approximate surface area is 193 Å². The second kappa shape index (κ2) is 9.72. The van der Waals surface area contributed by atoms with Crippen LogP contribution < -0.4 is 5.32 Å². The molecular formula is C25H29N5O3. The second-order valence-electron chi connectivity index (χ2n) is 8.51. The first kappa shape index (κ1) is 21.6. The van der Waals surface area contributed by atoms with Gasteiger partial charge >= 0.3 is 0 Å². The molecule has 2 saturated heterocycles. The van der Waals surface area contributed by atoms with Crippen LogP contribution in [0.2, 0.25) is 0 Å². The van der Waals surface area contributed by atoms with E-state index in [1.165, 1.54) is 0 Å². The number of carbonyl (C=O) groups excluding carboxylic acids is 2. The highest BCUT2D eigenvalue weighted by Crippen LogP contribution is 2.33. The maximum absolute atomic E-state index is 13.2. The highest BCUT2D eigenvalue weighted by molar-refractivity contribution is 5.99. The van der Waals surface area contributed by atoms with E-state index < -0.39 is 0 Å². The minimum absolute atomic E-state index is 0.00212. The number of ether oxygens (including phenoxy) is 1. The van der Waals surface area contributed by atoms with Gasteiger partial charge in [-0.25, -0.2) is 4.98 Å². The van der Waals surface area contributed by atoms with Crippen molar-refractivity contribution >= 4 is 17.3 Å². The van der Waals surface area contributed by atoms with Gasteiger partial charge in [-0.15, -0.1) is 0 Å². The molecule has 0 radical (unpaired) electrons. The van der Waals surface area contributed by atoms with E-state index in [2.05, 4.69) is 10.2 Å². The van der Waals surface area contributed by atoms with Crippen molar-refractivity contribution in [2.45, 2.75) is 18.9 Å². The number of amides is 2. The summed E-state index contributed by atoms with van der Waals surface area (Å²) in [6.45, 7) is 5.28. The Morgan fingerprint density at radius 3 is 2.64 bits per heavy atom. The van der Waals surface area contributed by atoms with Gasteiger partial charge in [-0.05, 0) is 37.1 Å². The predicted molar refractivity (Wildman–Crippen MR) is 124 cm³/mol. The molecule has 2 aliphatic rings. The Morgan fingerprint density at radius 1 is 1.03 bits per heavy atom. The van der Waals surface area contributed by atoms with Crippen LogP contribution in [0.4, 0.5) is 0 Å². The molecule has 8 nitrogen and oxygen atoms in total. The van der Waals surface area contributed by atoms with E-state index in [0.29, 0.717) is 24.3 Å². The van der Waals surface area contributed by atoms with Gasteiger partial charge < -0.3 is 19.4 Å². The molecule has 0 bridgehead atoms. The van der Waals surface area contributed by atoms with Crippen LogP contribution in [-0.4, -0.2) is 76.9 Å². The molecule has 1 atom stereocenters. The van der Waals surface area contributed by atoms with Gasteiger partial charge in [-0.1, -0.05) is 24.3 Å². The molecule has 4 heterocycles. The van der Waals surface area contributed by atoms with Crippen LogP contribution in [0.5, 0.6) is 0 Å². The van der Waals surface area contributed by atoms with E-state index in [1.54, 1.807) is 0 Å². The van der Waals surface area contributed by atoms with Gasteiger partial charge in [0.25, 0.3) is 11.8 Å². The number of pyridine rings is 1. The first-order chi connectivity index (χ1) is 16.2. The summed E-state index contributed by atoms with van der Waals surface area (Å²) in [5.74, 6) is 0.560. The van der Waals surface area contributed by atoms with Crippen molar-refractivity contribution in [3.05, 3.63) is 71.8 Å². The largest absolute Gasteiger partial charge is 0.379 e. The Bertz CT molecular complexity index is 1120. The molecule has 172 valence electrons. The summed E-state index contributed by atoms with van der Waals surface area (Å²) >= 11 is 0. The van der Waals surface area contributed by atoms with Gasteiger partial charge in [0.1, 0.15) is 5.82 Å². The summed E-state index contributed by atoms with van der Waals surface area (Å²) in [6, 6.07) is 14.9. The predicted octanol–water partition coefficient (Wildman–Crippen LogP) is 2.37. The Balaban J connectivity index is 1.36. The fraction of sp³-hybridized carbons (Fsp3) is 0.400. The number of carbonyl (C=O) groups is 2. The molecular weight excluding hydrogens is 418 g/mol. The quantitative estimate of drug-likeness (QED) is 0.628. The summed E-state index contributed by atoms with van der Waals surface area (Å²) in [4.78, 5) is 35.2. The number of aromatic nitrogens is 2. The molecule has 33 heavy (non-hydrogen) atoms. The van der Waals surface area contributed by atoms with Gasteiger partial charge in [0.15, 0.2) is 5.69 Å². The summed E-state index contributed by atoms with van der Waals surface area (Å²) in [7, 11) is 0. The summed E-state index contributed by atoms with van der Waals surface area (Å²) in [5.41, 5.74) is 1.84. The summed E-state index contributed by atoms with van der Waals surface area (Å²) < 4.78 is 7.34. The van der Waals surface area contributed by atoms with E-state index >= 15 is 0 Å². The van der Waals surface area contributed by atoms with Crippen LogP contribution >= 0.6 is 0 Å². The van der Waals surface area contributed by atoms with Gasteiger partial charge in [0.05, 0.1) is 24.8 Å².